The minimum absolute atomic E-state index is 0.0556. The molecular formula is C15H20N4O2S. The molecule has 1 fully saturated rings. The van der Waals surface area contributed by atoms with Crippen molar-refractivity contribution in [3.63, 3.8) is 0 Å². The first-order chi connectivity index (χ1) is 10.8. The summed E-state index contributed by atoms with van der Waals surface area (Å²) in [5, 5.41) is 11.3. The van der Waals surface area contributed by atoms with Gasteiger partial charge in [-0.05, 0) is 35.2 Å². The summed E-state index contributed by atoms with van der Waals surface area (Å²) in [7, 11) is 1.66. The lowest BCUT2D eigenvalue weighted by atomic mass is 10.1. The van der Waals surface area contributed by atoms with Crippen molar-refractivity contribution in [1.29, 1.82) is 0 Å². The Labute approximate surface area is 133 Å². The molecule has 0 bridgehead atoms. The first-order valence-corrected chi connectivity index (χ1v) is 8.33. The minimum atomic E-state index is -0.0556. The lowest BCUT2D eigenvalue weighted by Crippen LogP contribution is -2.34. The van der Waals surface area contributed by atoms with Crippen molar-refractivity contribution in [2.24, 2.45) is 0 Å². The molecule has 0 unspecified atom stereocenters. The van der Waals surface area contributed by atoms with Gasteiger partial charge in [0.15, 0.2) is 0 Å². The maximum atomic E-state index is 12.5. The Morgan fingerprint density at radius 2 is 2.50 bits per heavy atom. The van der Waals surface area contributed by atoms with Crippen LogP contribution in [0, 0.1) is 0 Å². The molecule has 1 N–H and O–H groups in total. The van der Waals surface area contributed by atoms with E-state index >= 15 is 0 Å². The second-order valence-corrected chi connectivity index (χ2v) is 6.10. The number of ether oxygens (including phenoxy) is 1. The highest BCUT2D eigenvalue weighted by Gasteiger charge is 2.30. The monoisotopic (exact) mass is 320 g/mol. The van der Waals surface area contributed by atoms with Gasteiger partial charge in [0.2, 0.25) is 0 Å². The average molecular weight is 320 g/mol. The summed E-state index contributed by atoms with van der Waals surface area (Å²) < 4.78 is 6.78. The Morgan fingerprint density at radius 3 is 3.27 bits per heavy atom. The molecule has 3 heterocycles. The van der Waals surface area contributed by atoms with Crippen LogP contribution in [0.5, 0.6) is 0 Å². The third kappa shape index (κ3) is 3.31. The first-order valence-electron chi connectivity index (χ1n) is 7.39. The summed E-state index contributed by atoms with van der Waals surface area (Å²) in [6.45, 7) is 2.07. The molecule has 0 aromatic carbocycles. The van der Waals surface area contributed by atoms with Crippen LogP contribution in [-0.2, 0) is 11.3 Å². The van der Waals surface area contributed by atoms with Crippen molar-refractivity contribution in [2.75, 3.05) is 25.6 Å². The number of hydrogen-bond donors (Lipinski definition) is 1. The van der Waals surface area contributed by atoms with E-state index in [1.165, 1.54) is 5.56 Å². The Kier molecular flexibility index (Phi) is 4.74. The van der Waals surface area contributed by atoms with E-state index in [1.807, 2.05) is 11.1 Å². The highest BCUT2D eigenvalue weighted by Crippen LogP contribution is 2.33. The third-order valence-electron chi connectivity index (χ3n) is 3.85. The van der Waals surface area contributed by atoms with Crippen LogP contribution in [0.4, 0.5) is 10.5 Å². The minimum Gasteiger partial charge on any atom is -0.383 e. The van der Waals surface area contributed by atoms with Crippen LogP contribution in [-0.4, -0.2) is 41.0 Å². The van der Waals surface area contributed by atoms with E-state index in [0.29, 0.717) is 13.2 Å². The molecule has 3 rings (SSSR count). The van der Waals surface area contributed by atoms with E-state index in [2.05, 4.69) is 27.2 Å². The maximum absolute atomic E-state index is 12.5. The van der Waals surface area contributed by atoms with Crippen molar-refractivity contribution in [3.8, 4) is 0 Å². The van der Waals surface area contributed by atoms with Crippen molar-refractivity contribution in [1.82, 2.24) is 14.7 Å². The van der Waals surface area contributed by atoms with Gasteiger partial charge in [0, 0.05) is 19.9 Å². The van der Waals surface area contributed by atoms with Crippen LogP contribution in [0.2, 0.25) is 0 Å². The van der Waals surface area contributed by atoms with Gasteiger partial charge < -0.3 is 15.0 Å². The molecule has 1 saturated heterocycles. The number of hydrogen-bond acceptors (Lipinski definition) is 4. The normalized spacial score (nSPS) is 17.9. The fraction of sp³-hybridized carbons (Fsp3) is 0.467. The van der Waals surface area contributed by atoms with Crippen LogP contribution < -0.4 is 5.32 Å². The number of rotatable bonds is 5. The largest absolute Gasteiger partial charge is 0.383 e. The van der Waals surface area contributed by atoms with Crippen molar-refractivity contribution < 1.29 is 9.53 Å². The van der Waals surface area contributed by atoms with Crippen molar-refractivity contribution in [2.45, 2.75) is 25.4 Å². The number of nitrogens with zero attached hydrogens (tertiary/aromatic N) is 3. The van der Waals surface area contributed by atoms with E-state index in [1.54, 1.807) is 29.3 Å². The molecule has 2 aromatic rings. The summed E-state index contributed by atoms with van der Waals surface area (Å²) in [5.74, 6) is 0. The predicted molar refractivity (Wildman–Crippen MR) is 86.1 cm³/mol. The number of carbonyl (C=O) groups is 1. The molecule has 2 amide bonds. The van der Waals surface area contributed by atoms with Crippen molar-refractivity contribution >= 4 is 23.1 Å². The van der Waals surface area contributed by atoms with Crippen LogP contribution in [0.1, 0.15) is 24.4 Å². The molecule has 0 radical (unpaired) electrons. The molecule has 22 heavy (non-hydrogen) atoms. The van der Waals surface area contributed by atoms with Crippen LogP contribution >= 0.6 is 11.3 Å². The number of urea groups is 1. The molecule has 1 atom stereocenters. The van der Waals surface area contributed by atoms with Gasteiger partial charge in [0.25, 0.3) is 0 Å². The Hall–Kier alpha value is -1.86. The number of aromatic nitrogens is 2. The van der Waals surface area contributed by atoms with Gasteiger partial charge in [-0.25, -0.2) is 4.79 Å². The topological polar surface area (TPSA) is 59.4 Å². The van der Waals surface area contributed by atoms with Gasteiger partial charge in [0.1, 0.15) is 0 Å². The summed E-state index contributed by atoms with van der Waals surface area (Å²) >= 11 is 1.67. The van der Waals surface area contributed by atoms with Crippen LogP contribution in [0.15, 0.2) is 29.2 Å². The number of carbonyl (C=O) groups excluding carboxylic acids is 1. The third-order valence-corrected chi connectivity index (χ3v) is 4.55. The molecule has 1 aliphatic rings. The number of anilines is 1. The number of amides is 2. The molecule has 6 nitrogen and oxygen atoms in total. The van der Waals surface area contributed by atoms with E-state index in [-0.39, 0.29) is 12.1 Å². The van der Waals surface area contributed by atoms with E-state index in [9.17, 15) is 4.79 Å². The summed E-state index contributed by atoms with van der Waals surface area (Å²) in [5.41, 5.74) is 1.95. The molecule has 118 valence electrons. The zero-order valence-electron chi connectivity index (χ0n) is 12.6. The first kappa shape index (κ1) is 15.1. The molecule has 0 saturated carbocycles. The highest BCUT2D eigenvalue weighted by molar-refractivity contribution is 7.07. The number of nitrogens with one attached hydrogen (secondary N) is 1. The van der Waals surface area contributed by atoms with Gasteiger partial charge in [-0.2, -0.15) is 16.4 Å². The smallest absolute Gasteiger partial charge is 0.322 e. The second-order valence-electron chi connectivity index (χ2n) is 5.32. The van der Waals surface area contributed by atoms with Crippen LogP contribution in [0.3, 0.4) is 0 Å². The average Bonchev–Trinajstić information content (AvgIpc) is 3.25. The standard InChI is InChI=1S/C15H20N4O2S/c1-21-7-6-18-10-13(9-16-18)17-15(20)19-5-2-3-14(19)12-4-8-22-11-12/h4,8-11,14H,2-3,5-7H2,1H3,(H,17,20)/t14-/m1/s1. The van der Waals surface area contributed by atoms with E-state index in [0.717, 1.165) is 25.1 Å². The Bertz CT molecular complexity index is 611. The quantitative estimate of drug-likeness (QED) is 0.921. The van der Waals surface area contributed by atoms with Crippen molar-refractivity contribution in [3.05, 3.63) is 34.8 Å². The summed E-state index contributed by atoms with van der Waals surface area (Å²) in [6, 6.07) is 2.23. The molecule has 0 aliphatic carbocycles. The van der Waals surface area contributed by atoms with Gasteiger partial charge in [-0.1, -0.05) is 0 Å². The highest BCUT2D eigenvalue weighted by atomic mass is 32.1. The maximum Gasteiger partial charge on any atom is 0.322 e. The zero-order chi connectivity index (χ0) is 15.4. The molecule has 0 spiro atoms. The number of likely N-dealkylation sites (tertiary alicyclic amines) is 1. The zero-order valence-corrected chi connectivity index (χ0v) is 13.4. The molecule has 7 heteroatoms. The summed E-state index contributed by atoms with van der Waals surface area (Å²) in [4.78, 5) is 14.4. The number of thiophene rings is 1. The van der Waals surface area contributed by atoms with Gasteiger partial charge in [-0.3, -0.25) is 4.68 Å². The molecule has 1 aliphatic heterocycles. The van der Waals surface area contributed by atoms with Gasteiger partial charge in [0.05, 0.1) is 31.1 Å². The van der Waals surface area contributed by atoms with E-state index in [4.69, 9.17) is 4.74 Å². The Morgan fingerprint density at radius 1 is 1.59 bits per heavy atom. The number of methoxy groups -OCH3 is 1. The predicted octanol–water partition coefficient (Wildman–Crippen LogP) is 2.96. The Balaban J connectivity index is 1.62. The van der Waals surface area contributed by atoms with E-state index < -0.39 is 0 Å². The molecular weight excluding hydrogens is 300 g/mol. The SMILES string of the molecule is COCCn1cc(NC(=O)N2CCC[C@@H]2c2ccsc2)cn1. The van der Waals surface area contributed by atoms with Crippen LogP contribution in [0.25, 0.3) is 0 Å². The second kappa shape index (κ2) is 6.93. The lowest BCUT2D eigenvalue weighted by Gasteiger charge is -2.24. The lowest BCUT2D eigenvalue weighted by molar-refractivity contribution is 0.183. The fourth-order valence-electron chi connectivity index (χ4n) is 2.75. The van der Waals surface area contributed by atoms with Gasteiger partial charge in [-0.15, -0.1) is 0 Å². The molecule has 2 aromatic heterocycles. The summed E-state index contributed by atoms with van der Waals surface area (Å²) in [6.07, 6.45) is 5.56. The van der Waals surface area contributed by atoms with Gasteiger partial charge >= 0.3 is 6.03 Å². The fourth-order valence-corrected chi connectivity index (χ4v) is 3.46.